The number of hydrogen-bond donors (Lipinski definition) is 0. The Morgan fingerprint density at radius 1 is 0.564 bits per heavy atom. The molecule has 1 heterocycles. The van der Waals surface area contributed by atoms with Crippen molar-refractivity contribution in [2.24, 2.45) is 0 Å². The Morgan fingerprint density at radius 3 is 1.51 bits per heavy atom. The van der Waals surface area contributed by atoms with Crippen LogP contribution in [0.5, 0.6) is 0 Å². The molecule has 0 fully saturated rings. The van der Waals surface area contributed by atoms with E-state index in [2.05, 4.69) is 137 Å². The molecule has 0 saturated carbocycles. The molecule has 0 spiro atoms. The van der Waals surface area contributed by atoms with Crippen LogP contribution in [0.2, 0.25) is 0 Å². The Morgan fingerprint density at radius 2 is 1.00 bits per heavy atom. The SMILES string of the molecule is C[C@H](c1cccc2ccccc12)n1ccn([C@H](C)c2cccc3ccccc23)[c]1=[Ru]([Cl])([Cl])=[CH]c1ccccc1. The predicted molar refractivity (Wildman–Crippen MR) is 165 cm³/mol. The molecule has 0 aliphatic carbocycles. The molecule has 6 aromatic rings. The Hall–Kier alpha value is -3.10. The number of aromatic nitrogens is 2. The average molecular weight is 639 g/mol. The molecule has 5 aromatic carbocycles. The standard InChI is InChI=1S/C27H24N2.C7H6.2ClH.Ru/c1-20(24-15-7-11-22-9-3-5-13-26(22)24)28-17-18-29(19-28)21(2)25-16-8-12-23-10-4-6-14-27(23)25;1-7-5-3-2-4-6-7;;;/h3-18,20-21H,1-2H3;1-6H;2*1H;/q;;;;+2/p-2/t20-,21-;;;;/m1..../s1. The maximum absolute atomic E-state index is 7.49. The number of hydrogen-bond acceptors (Lipinski definition) is 0. The molecule has 2 atom stereocenters. The average Bonchev–Trinajstić information content (AvgIpc) is 3.43. The molecule has 0 aliphatic heterocycles. The number of rotatable bonds is 5. The van der Waals surface area contributed by atoms with Crippen LogP contribution in [0.3, 0.4) is 0 Å². The molecule has 0 unspecified atom stereocenters. The van der Waals surface area contributed by atoms with Gasteiger partial charge in [-0.05, 0) is 0 Å². The van der Waals surface area contributed by atoms with Crippen LogP contribution in [0.1, 0.15) is 42.6 Å². The van der Waals surface area contributed by atoms with E-state index in [1.807, 2.05) is 18.2 Å². The molecule has 39 heavy (non-hydrogen) atoms. The summed E-state index contributed by atoms with van der Waals surface area (Å²) in [5.41, 5.74) is 3.54. The first-order valence-electron chi connectivity index (χ1n) is 13.0. The summed E-state index contributed by atoms with van der Waals surface area (Å²) in [6.07, 6.45) is 4.31. The fraction of sp³-hybridized carbons (Fsp3) is 0.118. The van der Waals surface area contributed by atoms with Crippen LogP contribution in [0, 0.1) is 4.01 Å². The van der Waals surface area contributed by atoms with E-state index in [4.69, 9.17) is 19.4 Å². The molecule has 5 heteroatoms. The van der Waals surface area contributed by atoms with Gasteiger partial charge >= 0.3 is 241 Å². The molecule has 0 saturated heterocycles. The molecular formula is C34H30Cl2N2Ru. The van der Waals surface area contributed by atoms with Crippen molar-refractivity contribution < 1.29 is 11.9 Å². The molecular weight excluding hydrogens is 608 g/mol. The van der Waals surface area contributed by atoms with Gasteiger partial charge in [0, 0.05) is 0 Å². The van der Waals surface area contributed by atoms with Crippen molar-refractivity contribution in [3.63, 3.8) is 0 Å². The van der Waals surface area contributed by atoms with E-state index >= 15 is 0 Å². The van der Waals surface area contributed by atoms with E-state index in [0.29, 0.717) is 0 Å². The molecule has 0 bridgehead atoms. The second-order valence-corrected chi connectivity index (χ2v) is 19.1. The number of fused-ring (bicyclic) bond motifs is 2. The molecule has 0 radical (unpaired) electrons. The Balaban J connectivity index is 1.64. The van der Waals surface area contributed by atoms with Crippen molar-refractivity contribution in [3.05, 3.63) is 148 Å². The van der Waals surface area contributed by atoms with Gasteiger partial charge in [0.25, 0.3) is 0 Å². The van der Waals surface area contributed by atoms with Crippen LogP contribution in [-0.2, 0) is 11.9 Å². The third kappa shape index (κ3) is 5.00. The van der Waals surface area contributed by atoms with E-state index in [-0.39, 0.29) is 12.1 Å². The molecule has 6 rings (SSSR count). The van der Waals surface area contributed by atoms with Gasteiger partial charge in [0.15, 0.2) is 0 Å². The fourth-order valence-electron chi connectivity index (χ4n) is 5.45. The van der Waals surface area contributed by atoms with Crippen LogP contribution in [0.4, 0.5) is 0 Å². The van der Waals surface area contributed by atoms with Crippen LogP contribution < -0.4 is 0 Å². The topological polar surface area (TPSA) is 9.86 Å². The second-order valence-electron chi connectivity index (χ2n) is 9.81. The molecule has 2 nitrogen and oxygen atoms in total. The maximum atomic E-state index is 7.49. The minimum absolute atomic E-state index is 0.0361. The summed E-state index contributed by atoms with van der Waals surface area (Å²) < 4.78 is 7.69. The number of halogens is 2. The molecule has 0 N–H and O–H groups in total. The van der Waals surface area contributed by atoms with Crippen molar-refractivity contribution in [2.75, 3.05) is 0 Å². The molecule has 0 aliphatic rings. The summed E-state index contributed by atoms with van der Waals surface area (Å²) in [4.78, 5) is 0. The summed E-state index contributed by atoms with van der Waals surface area (Å²) in [6, 6.07) is 40.4. The quantitative estimate of drug-likeness (QED) is 0.167. The van der Waals surface area contributed by atoms with Crippen LogP contribution >= 0.6 is 19.4 Å². The van der Waals surface area contributed by atoms with Crippen molar-refractivity contribution in [1.29, 1.82) is 0 Å². The third-order valence-electron chi connectivity index (χ3n) is 7.44. The van der Waals surface area contributed by atoms with E-state index in [1.165, 1.54) is 32.7 Å². The zero-order valence-corrected chi connectivity index (χ0v) is 25.1. The summed E-state index contributed by atoms with van der Waals surface area (Å²) in [5.74, 6) is 0. The van der Waals surface area contributed by atoms with Crippen molar-refractivity contribution >= 4 is 45.5 Å². The van der Waals surface area contributed by atoms with Gasteiger partial charge in [-0.1, -0.05) is 0 Å². The van der Waals surface area contributed by atoms with Crippen LogP contribution in [0.15, 0.2) is 128 Å². The zero-order chi connectivity index (χ0) is 27.0. The van der Waals surface area contributed by atoms with Gasteiger partial charge < -0.3 is 0 Å². The summed E-state index contributed by atoms with van der Waals surface area (Å²) >= 11 is -3.55. The van der Waals surface area contributed by atoms with E-state index in [0.717, 1.165) is 9.58 Å². The van der Waals surface area contributed by atoms with Crippen LogP contribution in [0.25, 0.3) is 21.5 Å². The summed E-state index contributed by atoms with van der Waals surface area (Å²) in [6.45, 7) is 4.48. The van der Waals surface area contributed by atoms with Crippen molar-refractivity contribution in [3.8, 4) is 0 Å². The Labute approximate surface area is 239 Å². The number of nitrogens with zero attached hydrogens (tertiary/aromatic N) is 2. The van der Waals surface area contributed by atoms with E-state index < -0.39 is 11.9 Å². The Bertz CT molecular complexity index is 1840. The first-order valence-corrected chi connectivity index (χ1v) is 19.4. The first kappa shape index (κ1) is 26.1. The second kappa shape index (κ2) is 10.8. The van der Waals surface area contributed by atoms with E-state index in [9.17, 15) is 0 Å². The molecule has 198 valence electrons. The molecule has 1 aromatic heterocycles. The van der Waals surface area contributed by atoms with Crippen molar-refractivity contribution in [2.45, 2.75) is 25.9 Å². The van der Waals surface area contributed by atoms with Gasteiger partial charge in [0.2, 0.25) is 0 Å². The van der Waals surface area contributed by atoms with E-state index in [1.54, 1.807) is 0 Å². The number of benzene rings is 5. The van der Waals surface area contributed by atoms with Gasteiger partial charge in [-0.3, -0.25) is 0 Å². The first-order chi connectivity index (χ1) is 18.9. The van der Waals surface area contributed by atoms with Gasteiger partial charge in [-0.15, -0.1) is 0 Å². The predicted octanol–water partition coefficient (Wildman–Crippen LogP) is 9.66. The molecule has 0 amide bonds. The third-order valence-corrected chi connectivity index (χ3v) is 12.9. The number of imidazole rings is 1. The fourth-order valence-corrected chi connectivity index (χ4v) is 11.6. The van der Waals surface area contributed by atoms with Gasteiger partial charge in [-0.25, -0.2) is 0 Å². The van der Waals surface area contributed by atoms with Gasteiger partial charge in [-0.2, -0.15) is 0 Å². The summed E-state index contributed by atoms with van der Waals surface area (Å²) in [7, 11) is 15.0. The monoisotopic (exact) mass is 638 g/mol. The normalized spacial score (nSPS) is 13.8. The Kier molecular flexibility index (Phi) is 7.25. The van der Waals surface area contributed by atoms with Crippen LogP contribution in [-0.4, -0.2) is 13.7 Å². The van der Waals surface area contributed by atoms with Gasteiger partial charge in [0.05, 0.1) is 0 Å². The summed E-state index contributed by atoms with van der Waals surface area (Å²) in [5, 5.41) is 4.94. The minimum atomic E-state index is -3.55. The zero-order valence-electron chi connectivity index (χ0n) is 21.9. The van der Waals surface area contributed by atoms with Crippen molar-refractivity contribution in [1.82, 2.24) is 9.13 Å². The van der Waals surface area contributed by atoms with Gasteiger partial charge in [0.1, 0.15) is 0 Å².